The lowest BCUT2D eigenvalue weighted by atomic mass is 10.0. The van der Waals surface area contributed by atoms with Crippen LogP contribution in [-0.2, 0) is 13.1 Å². The van der Waals surface area contributed by atoms with E-state index in [1.165, 1.54) is 63.1 Å². The number of guanidine groups is 1. The van der Waals surface area contributed by atoms with Crippen molar-refractivity contribution in [1.82, 2.24) is 25.3 Å². The van der Waals surface area contributed by atoms with Crippen molar-refractivity contribution in [3.05, 3.63) is 35.4 Å². The van der Waals surface area contributed by atoms with E-state index in [1.54, 1.807) is 0 Å². The quantitative estimate of drug-likeness (QED) is 0.505. The summed E-state index contributed by atoms with van der Waals surface area (Å²) < 4.78 is 0. The van der Waals surface area contributed by atoms with Crippen molar-refractivity contribution >= 4 is 5.96 Å². The molecule has 0 amide bonds. The summed E-state index contributed by atoms with van der Waals surface area (Å²) in [5.74, 6) is 0.926. The molecule has 3 rings (SSSR count). The number of piperazine rings is 1. The maximum absolute atomic E-state index is 4.48. The van der Waals surface area contributed by atoms with Crippen molar-refractivity contribution in [3.8, 4) is 0 Å². The van der Waals surface area contributed by atoms with Gasteiger partial charge in [-0.2, -0.15) is 0 Å². The highest BCUT2D eigenvalue weighted by Gasteiger charge is 2.20. The Morgan fingerprint density at radius 3 is 2.23 bits per heavy atom. The maximum atomic E-state index is 4.48. The third kappa shape index (κ3) is 6.96. The molecule has 0 radical (unpaired) electrons. The molecular formula is C24H42N6. The fraction of sp³-hybridized carbons (Fsp3) is 0.708. The van der Waals surface area contributed by atoms with E-state index < -0.39 is 0 Å². The molecule has 30 heavy (non-hydrogen) atoms. The first-order chi connectivity index (χ1) is 14.7. The molecule has 0 unspecified atom stereocenters. The summed E-state index contributed by atoms with van der Waals surface area (Å²) in [5.41, 5.74) is 2.80. The normalized spacial score (nSPS) is 20.4. The number of nitrogens with zero attached hydrogens (tertiary/aromatic N) is 4. The largest absolute Gasteiger partial charge is 0.354 e. The van der Waals surface area contributed by atoms with Gasteiger partial charge in [0.25, 0.3) is 0 Å². The zero-order chi connectivity index (χ0) is 21.2. The SMILES string of the molecule is CCCN1CCC(NC(=NC)NCc2ccccc2CN2CCN(CC)CC2)CC1. The molecule has 0 atom stereocenters. The van der Waals surface area contributed by atoms with Gasteiger partial charge in [0.1, 0.15) is 0 Å². The number of likely N-dealkylation sites (N-methyl/N-ethyl adjacent to an activating group) is 1. The van der Waals surface area contributed by atoms with Crippen molar-refractivity contribution in [3.63, 3.8) is 0 Å². The van der Waals surface area contributed by atoms with Crippen molar-refractivity contribution in [2.75, 3.05) is 59.4 Å². The molecule has 1 aromatic rings. The molecule has 168 valence electrons. The number of hydrogen-bond acceptors (Lipinski definition) is 4. The number of rotatable bonds is 8. The third-order valence-electron chi connectivity index (χ3n) is 6.56. The van der Waals surface area contributed by atoms with Gasteiger partial charge >= 0.3 is 0 Å². The zero-order valence-electron chi connectivity index (χ0n) is 19.4. The minimum atomic E-state index is 0.523. The molecule has 2 aliphatic rings. The molecule has 6 heteroatoms. The van der Waals surface area contributed by atoms with Crippen LogP contribution in [-0.4, -0.2) is 86.1 Å². The highest BCUT2D eigenvalue weighted by molar-refractivity contribution is 5.80. The molecule has 0 aliphatic carbocycles. The Hall–Kier alpha value is -1.63. The third-order valence-corrected chi connectivity index (χ3v) is 6.56. The van der Waals surface area contributed by atoms with Gasteiger partial charge in [-0.25, -0.2) is 0 Å². The van der Waals surface area contributed by atoms with Crippen LogP contribution in [0, 0.1) is 0 Å². The number of hydrogen-bond donors (Lipinski definition) is 2. The summed E-state index contributed by atoms with van der Waals surface area (Å²) in [6, 6.07) is 9.37. The fourth-order valence-corrected chi connectivity index (χ4v) is 4.57. The second-order valence-corrected chi connectivity index (χ2v) is 8.67. The van der Waals surface area contributed by atoms with Crippen LogP contribution in [0.15, 0.2) is 29.3 Å². The Morgan fingerprint density at radius 1 is 0.933 bits per heavy atom. The van der Waals surface area contributed by atoms with E-state index in [0.29, 0.717) is 6.04 Å². The van der Waals surface area contributed by atoms with Crippen LogP contribution in [0.4, 0.5) is 0 Å². The van der Waals surface area contributed by atoms with Gasteiger partial charge in [-0.15, -0.1) is 0 Å². The van der Waals surface area contributed by atoms with Gasteiger partial charge in [-0.3, -0.25) is 9.89 Å². The van der Waals surface area contributed by atoms with Crippen molar-refractivity contribution in [1.29, 1.82) is 0 Å². The van der Waals surface area contributed by atoms with Crippen LogP contribution in [0.25, 0.3) is 0 Å². The molecule has 2 saturated heterocycles. The zero-order valence-corrected chi connectivity index (χ0v) is 19.4. The van der Waals surface area contributed by atoms with Crippen LogP contribution in [0.3, 0.4) is 0 Å². The Labute approximate surface area is 183 Å². The molecule has 0 aromatic heterocycles. The first-order valence-corrected chi connectivity index (χ1v) is 11.9. The summed E-state index contributed by atoms with van der Waals surface area (Å²) >= 11 is 0. The predicted octanol–water partition coefficient (Wildman–Crippen LogP) is 2.36. The molecule has 0 bridgehead atoms. The average molecular weight is 415 g/mol. The van der Waals surface area contributed by atoms with E-state index in [0.717, 1.165) is 38.7 Å². The fourth-order valence-electron chi connectivity index (χ4n) is 4.57. The number of piperidine rings is 1. The first-order valence-electron chi connectivity index (χ1n) is 11.9. The van der Waals surface area contributed by atoms with E-state index in [9.17, 15) is 0 Å². The Kier molecular flexibility index (Phi) is 9.43. The lowest BCUT2D eigenvalue weighted by molar-refractivity contribution is 0.131. The van der Waals surface area contributed by atoms with Gasteiger partial charge < -0.3 is 20.4 Å². The van der Waals surface area contributed by atoms with Gasteiger partial charge in [0.15, 0.2) is 5.96 Å². The van der Waals surface area contributed by atoms with E-state index in [1.807, 2.05) is 7.05 Å². The van der Waals surface area contributed by atoms with Crippen LogP contribution < -0.4 is 10.6 Å². The van der Waals surface area contributed by atoms with Gasteiger partial charge in [-0.05, 0) is 43.5 Å². The highest BCUT2D eigenvalue weighted by Crippen LogP contribution is 2.14. The summed E-state index contributed by atoms with van der Waals surface area (Å²) in [7, 11) is 1.88. The highest BCUT2D eigenvalue weighted by atomic mass is 15.3. The van der Waals surface area contributed by atoms with Crippen LogP contribution in [0.5, 0.6) is 0 Å². The number of benzene rings is 1. The molecule has 2 aliphatic heterocycles. The Morgan fingerprint density at radius 2 is 1.60 bits per heavy atom. The number of aliphatic imine (C=N–C) groups is 1. The molecule has 2 fully saturated rings. The lowest BCUT2D eigenvalue weighted by Gasteiger charge is -2.34. The van der Waals surface area contributed by atoms with Crippen molar-refractivity contribution in [2.24, 2.45) is 4.99 Å². The van der Waals surface area contributed by atoms with Gasteiger partial charge in [0.2, 0.25) is 0 Å². The molecule has 6 nitrogen and oxygen atoms in total. The average Bonchev–Trinajstić information content (AvgIpc) is 2.79. The number of nitrogens with one attached hydrogen (secondary N) is 2. The Balaban J connectivity index is 1.48. The Bertz CT molecular complexity index is 645. The summed E-state index contributed by atoms with van der Waals surface area (Å²) in [5, 5.41) is 7.21. The topological polar surface area (TPSA) is 46.1 Å². The number of likely N-dealkylation sites (tertiary alicyclic amines) is 1. The summed E-state index contributed by atoms with van der Waals surface area (Å²) in [6.45, 7) is 15.8. The van der Waals surface area contributed by atoms with Crippen molar-refractivity contribution < 1.29 is 0 Å². The summed E-state index contributed by atoms with van der Waals surface area (Å²) in [6.07, 6.45) is 3.64. The van der Waals surface area contributed by atoms with E-state index in [2.05, 4.69) is 68.4 Å². The van der Waals surface area contributed by atoms with E-state index in [-0.39, 0.29) is 0 Å². The van der Waals surface area contributed by atoms with Crippen molar-refractivity contribution in [2.45, 2.75) is 52.2 Å². The molecule has 2 N–H and O–H groups in total. The van der Waals surface area contributed by atoms with Crippen LogP contribution in [0.1, 0.15) is 44.2 Å². The maximum Gasteiger partial charge on any atom is 0.191 e. The first kappa shape index (κ1) is 23.0. The molecule has 0 spiro atoms. The van der Waals surface area contributed by atoms with Crippen LogP contribution in [0.2, 0.25) is 0 Å². The monoisotopic (exact) mass is 414 g/mol. The molecule has 2 heterocycles. The van der Waals surface area contributed by atoms with Gasteiger partial charge in [0, 0.05) is 65.4 Å². The minimum absolute atomic E-state index is 0.523. The van der Waals surface area contributed by atoms with E-state index in [4.69, 9.17) is 0 Å². The predicted molar refractivity (Wildman–Crippen MR) is 127 cm³/mol. The molecule has 0 saturated carbocycles. The molecule has 1 aromatic carbocycles. The second-order valence-electron chi connectivity index (χ2n) is 8.67. The summed E-state index contributed by atoms with van der Waals surface area (Å²) in [4.78, 5) is 12.2. The smallest absolute Gasteiger partial charge is 0.191 e. The van der Waals surface area contributed by atoms with Crippen LogP contribution >= 0.6 is 0 Å². The molecular weight excluding hydrogens is 372 g/mol. The van der Waals surface area contributed by atoms with Gasteiger partial charge in [0.05, 0.1) is 0 Å². The minimum Gasteiger partial charge on any atom is -0.354 e. The van der Waals surface area contributed by atoms with Gasteiger partial charge in [-0.1, -0.05) is 38.1 Å². The lowest BCUT2D eigenvalue weighted by Crippen LogP contribution is -2.48. The standard InChI is InChI=1S/C24H42N6/c1-4-12-29-13-10-23(11-14-29)27-24(25-3)26-19-21-8-6-7-9-22(21)20-30-17-15-28(5-2)16-18-30/h6-9,23H,4-5,10-20H2,1-3H3,(H2,25,26,27). The second kappa shape index (κ2) is 12.3. The van der Waals surface area contributed by atoms with E-state index >= 15 is 0 Å².